The van der Waals surface area contributed by atoms with Gasteiger partial charge in [-0.2, -0.15) is 5.26 Å². The normalized spacial score (nSPS) is 10.1. The number of benzene rings is 1. The third-order valence-electron chi connectivity index (χ3n) is 2.11. The largest absolute Gasteiger partial charge is 0.326 e. The maximum Gasteiger partial charge on any atom is 0.252 e. The van der Waals surface area contributed by atoms with Crippen LogP contribution < -0.4 is 5.73 Å². The van der Waals surface area contributed by atoms with E-state index in [1.165, 1.54) is 11.0 Å². The topological polar surface area (TPSA) is 80.5 Å². The molecule has 0 bridgehead atoms. The number of hydrogen-bond donors (Lipinski definition) is 1. The highest BCUT2D eigenvalue weighted by atomic mass is 35.5. The van der Waals surface area contributed by atoms with Crippen LogP contribution in [-0.2, 0) is 6.54 Å². The number of hydrogen-bond acceptors (Lipinski definition) is 4. The molecule has 6 heteroatoms. The first-order chi connectivity index (χ1) is 7.76. The summed E-state index contributed by atoms with van der Waals surface area (Å²) in [5, 5.41) is 13.1. The van der Waals surface area contributed by atoms with E-state index < -0.39 is 0 Å². The quantitative estimate of drug-likeness (QED) is 0.847. The summed E-state index contributed by atoms with van der Waals surface area (Å²) in [5.74, 6) is 0.0999. The smallest absolute Gasteiger partial charge is 0.252 e. The van der Waals surface area contributed by atoms with Crippen LogP contribution in [0, 0.1) is 11.3 Å². The predicted molar refractivity (Wildman–Crippen MR) is 59.0 cm³/mol. The highest BCUT2D eigenvalue weighted by molar-refractivity contribution is 6.32. The van der Waals surface area contributed by atoms with Gasteiger partial charge in [0.1, 0.15) is 12.4 Å². The lowest BCUT2D eigenvalue weighted by atomic mass is 10.2. The molecule has 16 heavy (non-hydrogen) atoms. The van der Waals surface area contributed by atoms with Gasteiger partial charge in [-0.3, -0.25) is 0 Å². The molecule has 1 heterocycles. The molecule has 0 aliphatic heterocycles. The summed E-state index contributed by atoms with van der Waals surface area (Å²) in [7, 11) is 0. The molecule has 1 aromatic heterocycles. The maximum atomic E-state index is 8.65. The van der Waals surface area contributed by atoms with Crippen molar-refractivity contribution in [1.82, 2.24) is 14.8 Å². The summed E-state index contributed by atoms with van der Waals surface area (Å²) in [4.78, 5) is 3.82. The van der Waals surface area contributed by atoms with Crippen LogP contribution in [0.2, 0.25) is 5.02 Å². The first-order valence-corrected chi connectivity index (χ1v) is 4.93. The summed E-state index contributed by atoms with van der Waals surface area (Å²) >= 11 is 6.07. The fourth-order valence-electron chi connectivity index (χ4n) is 1.40. The number of para-hydroxylation sites is 1. The zero-order valence-electron chi connectivity index (χ0n) is 8.26. The van der Waals surface area contributed by atoms with Crippen molar-refractivity contribution in [2.45, 2.75) is 6.54 Å². The number of halogens is 1. The second-order valence-electron chi connectivity index (χ2n) is 3.08. The fourth-order valence-corrected chi connectivity index (χ4v) is 1.68. The van der Waals surface area contributed by atoms with Gasteiger partial charge in [0.25, 0.3) is 5.82 Å². The van der Waals surface area contributed by atoms with Crippen LogP contribution in [-0.4, -0.2) is 14.8 Å². The van der Waals surface area contributed by atoms with Crippen molar-refractivity contribution in [3.05, 3.63) is 40.9 Å². The number of aromatic nitrogens is 3. The second kappa shape index (κ2) is 4.31. The van der Waals surface area contributed by atoms with Crippen molar-refractivity contribution in [2.24, 2.45) is 5.73 Å². The van der Waals surface area contributed by atoms with Gasteiger partial charge >= 0.3 is 0 Å². The van der Waals surface area contributed by atoms with Crippen molar-refractivity contribution in [3.63, 3.8) is 0 Å². The summed E-state index contributed by atoms with van der Waals surface area (Å²) in [6.45, 7) is 0.345. The lowest BCUT2D eigenvalue weighted by Crippen LogP contribution is -2.05. The Morgan fingerprint density at radius 1 is 1.50 bits per heavy atom. The standard InChI is InChI=1S/C10H8ClN5/c11-8-3-1-2-7(4-12)10(8)16-6-14-9(5-13)15-16/h1-3,6H,4,12H2. The SMILES string of the molecule is N#Cc1ncn(-c2c(Cl)cccc2CN)n1. The Balaban J connectivity index is 2.59. The molecule has 0 fully saturated rings. The van der Waals surface area contributed by atoms with Crippen LogP contribution in [0.5, 0.6) is 0 Å². The fraction of sp³-hybridized carbons (Fsp3) is 0.100. The minimum atomic E-state index is 0.0999. The molecule has 2 aromatic rings. The van der Waals surface area contributed by atoms with Crippen LogP contribution in [0.4, 0.5) is 0 Å². The lowest BCUT2D eigenvalue weighted by molar-refractivity contribution is 0.852. The number of nitrogens with zero attached hydrogens (tertiary/aromatic N) is 4. The Hall–Kier alpha value is -1.90. The molecule has 0 aliphatic carbocycles. The average molecular weight is 234 g/mol. The Labute approximate surface area is 97.1 Å². The zero-order chi connectivity index (χ0) is 11.5. The highest BCUT2D eigenvalue weighted by Gasteiger charge is 2.10. The molecule has 0 saturated carbocycles. The van der Waals surface area contributed by atoms with E-state index in [1.807, 2.05) is 18.2 Å². The van der Waals surface area contributed by atoms with Gasteiger partial charge in [0.05, 0.1) is 10.7 Å². The van der Waals surface area contributed by atoms with E-state index in [1.54, 1.807) is 6.07 Å². The third-order valence-corrected chi connectivity index (χ3v) is 2.42. The van der Waals surface area contributed by atoms with E-state index in [4.69, 9.17) is 22.6 Å². The first kappa shape index (κ1) is 10.6. The van der Waals surface area contributed by atoms with Gasteiger partial charge in [0, 0.05) is 6.54 Å². The van der Waals surface area contributed by atoms with Crippen molar-refractivity contribution in [2.75, 3.05) is 0 Å². The Kier molecular flexibility index (Phi) is 2.86. The summed E-state index contributed by atoms with van der Waals surface area (Å²) in [5.41, 5.74) is 7.13. The number of nitrogens with two attached hydrogens (primary N) is 1. The maximum absolute atomic E-state index is 8.65. The summed E-state index contributed by atoms with van der Waals surface area (Å²) < 4.78 is 1.46. The second-order valence-corrected chi connectivity index (χ2v) is 3.48. The molecule has 0 saturated heterocycles. The van der Waals surface area contributed by atoms with Crippen LogP contribution >= 0.6 is 11.6 Å². The van der Waals surface area contributed by atoms with E-state index in [0.29, 0.717) is 17.3 Å². The number of nitriles is 1. The summed E-state index contributed by atoms with van der Waals surface area (Å²) in [6.07, 6.45) is 1.44. The van der Waals surface area contributed by atoms with Gasteiger partial charge in [0.15, 0.2) is 0 Å². The van der Waals surface area contributed by atoms with Gasteiger partial charge in [-0.1, -0.05) is 23.7 Å². The molecule has 1 aromatic carbocycles. The molecule has 0 radical (unpaired) electrons. The van der Waals surface area contributed by atoms with Crippen LogP contribution in [0.25, 0.3) is 5.69 Å². The molecule has 0 amide bonds. The predicted octanol–water partition coefficient (Wildman–Crippen LogP) is 1.25. The minimum Gasteiger partial charge on any atom is -0.326 e. The molecule has 0 unspecified atom stereocenters. The van der Waals surface area contributed by atoms with Crippen molar-refractivity contribution < 1.29 is 0 Å². The van der Waals surface area contributed by atoms with E-state index >= 15 is 0 Å². The molecule has 0 aliphatic rings. The van der Waals surface area contributed by atoms with Crippen molar-refractivity contribution >= 4 is 11.6 Å². The Morgan fingerprint density at radius 2 is 2.31 bits per heavy atom. The van der Waals surface area contributed by atoms with Gasteiger partial charge in [0.2, 0.25) is 0 Å². The Bertz CT molecular complexity index is 555. The monoisotopic (exact) mass is 233 g/mol. The van der Waals surface area contributed by atoms with Gasteiger partial charge in [-0.25, -0.2) is 9.67 Å². The van der Waals surface area contributed by atoms with E-state index in [-0.39, 0.29) is 5.82 Å². The van der Waals surface area contributed by atoms with E-state index in [9.17, 15) is 0 Å². The van der Waals surface area contributed by atoms with Crippen molar-refractivity contribution in [3.8, 4) is 11.8 Å². The van der Waals surface area contributed by atoms with Crippen LogP contribution in [0.1, 0.15) is 11.4 Å². The first-order valence-electron chi connectivity index (χ1n) is 4.56. The van der Waals surface area contributed by atoms with Gasteiger partial charge < -0.3 is 5.73 Å². The van der Waals surface area contributed by atoms with Gasteiger partial charge in [-0.05, 0) is 11.6 Å². The molecular weight excluding hydrogens is 226 g/mol. The summed E-state index contributed by atoms with van der Waals surface area (Å²) in [6, 6.07) is 7.27. The van der Waals surface area contributed by atoms with Gasteiger partial charge in [-0.15, -0.1) is 5.10 Å². The molecular formula is C10H8ClN5. The molecule has 0 atom stereocenters. The Morgan fingerprint density at radius 3 is 2.94 bits per heavy atom. The lowest BCUT2D eigenvalue weighted by Gasteiger charge is -2.08. The number of rotatable bonds is 2. The minimum absolute atomic E-state index is 0.0999. The molecule has 80 valence electrons. The molecule has 2 N–H and O–H groups in total. The van der Waals surface area contributed by atoms with Crippen LogP contribution in [0.15, 0.2) is 24.5 Å². The molecule has 5 nitrogen and oxygen atoms in total. The highest BCUT2D eigenvalue weighted by Crippen LogP contribution is 2.23. The molecule has 2 rings (SSSR count). The van der Waals surface area contributed by atoms with E-state index in [0.717, 1.165) is 5.56 Å². The molecule has 0 spiro atoms. The average Bonchev–Trinajstić information content (AvgIpc) is 2.76. The van der Waals surface area contributed by atoms with E-state index in [2.05, 4.69) is 10.1 Å². The third kappa shape index (κ3) is 1.76. The van der Waals surface area contributed by atoms with Crippen molar-refractivity contribution in [1.29, 1.82) is 5.26 Å². The van der Waals surface area contributed by atoms with Crippen LogP contribution in [0.3, 0.4) is 0 Å². The zero-order valence-corrected chi connectivity index (χ0v) is 9.02.